The first-order valence-corrected chi connectivity index (χ1v) is 9.86. The molecule has 1 N–H and O–H groups in total. The number of nitrogens with zero attached hydrogens (tertiary/aromatic N) is 2. The molecule has 5 nitrogen and oxygen atoms in total. The maximum absolute atomic E-state index is 12.5. The number of thiazole rings is 1. The molecule has 2 heterocycles. The Kier molecular flexibility index (Phi) is 5.55. The Morgan fingerprint density at radius 1 is 1.42 bits per heavy atom. The molecule has 26 heavy (non-hydrogen) atoms. The van der Waals surface area contributed by atoms with Crippen LogP contribution >= 0.6 is 22.9 Å². The highest BCUT2D eigenvalue weighted by molar-refractivity contribution is 7.12. The van der Waals surface area contributed by atoms with Crippen molar-refractivity contribution < 1.29 is 9.53 Å². The summed E-state index contributed by atoms with van der Waals surface area (Å²) in [7, 11) is 0. The molecule has 0 saturated carbocycles. The van der Waals surface area contributed by atoms with Gasteiger partial charge in [0, 0.05) is 22.0 Å². The maximum atomic E-state index is 12.5. The van der Waals surface area contributed by atoms with Gasteiger partial charge in [-0.3, -0.25) is 0 Å². The third-order valence-electron chi connectivity index (χ3n) is 4.21. The molecule has 1 aliphatic rings. The Hall–Kier alpha value is -1.63. The van der Waals surface area contributed by atoms with Gasteiger partial charge >= 0.3 is 6.03 Å². The number of morpholine rings is 1. The molecular formula is C19H24ClN3O2S. The fourth-order valence-corrected chi connectivity index (χ4v) is 4.29. The van der Waals surface area contributed by atoms with Crippen LogP contribution in [0.25, 0.3) is 11.3 Å². The topological polar surface area (TPSA) is 54.5 Å². The van der Waals surface area contributed by atoms with Crippen molar-refractivity contribution in [3.8, 4) is 11.3 Å². The number of rotatable bonds is 3. The molecule has 140 valence electrons. The van der Waals surface area contributed by atoms with Gasteiger partial charge in [-0.25, -0.2) is 9.78 Å². The molecule has 7 heteroatoms. The van der Waals surface area contributed by atoms with Crippen molar-refractivity contribution in [2.45, 2.75) is 45.9 Å². The molecule has 0 radical (unpaired) electrons. The molecule has 1 aromatic heterocycles. The van der Waals surface area contributed by atoms with Gasteiger partial charge in [0.05, 0.1) is 30.5 Å². The first-order valence-electron chi connectivity index (χ1n) is 8.66. The van der Waals surface area contributed by atoms with Crippen LogP contribution in [-0.4, -0.2) is 40.7 Å². The van der Waals surface area contributed by atoms with Crippen molar-refractivity contribution in [1.29, 1.82) is 0 Å². The highest BCUT2D eigenvalue weighted by Crippen LogP contribution is 2.28. The van der Waals surface area contributed by atoms with E-state index in [2.05, 4.69) is 10.3 Å². The molecule has 1 atom stereocenters. The first-order chi connectivity index (χ1) is 12.2. The zero-order chi connectivity index (χ0) is 18.9. The molecule has 2 aromatic rings. The van der Waals surface area contributed by atoms with Crippen molar-refractivity contribution in [3.05, 3.63) is 39.2 Å². The number of amides is 2. The van der Waals surface area contributed by atoms with Gasteiger partial charge in [-0.15, -0.1) is 11.3 Å². The summed E-state index contributed by atoms with van der Waals surface area (Å²) in [4.78, 5) is 20.2. The lowest BCUT2D eigenvalue weighted by atomic mass is 10.1. The number of carbonyl (C=O) groups is 1. The minimum Gasteiger partial charge on any atom is -0.369 e. The maximum Gasteiger partial charge on any atom is 0.317 e. The van der Waals surface area contributed by atoms with Crippen LogP contribution in [0.2, 0.25) is 5.02 Å². The average Bonchev–Trinajstić information content (AvgIpc) is 2.92. The van der Waals surface area contributed by atoms with Crippen LogP contribution in [0.3, 0.4) is 0 Å². The summed E-state index contributed by atoms with van der Waals surface area (Å²) in [6, 6.07) is 7.57. The molecule has 1 unspecified atom stereocenters. The molecule has 1 aliphatic heterocycles. The zero-order valence-corrected chi connectivity index (χ0v) is 17.1. The van der Waals surface area contributed by atoms with Crippen molar-refractivity contribution in [3.63, 3.8) is 0 Å². The van der Waals surface area contributed by atoms with E-state index in [4.69, 9.17) is 16.3 Å². The summed E-state index contributed by atoms with van der Waals surface area (Å²) in [5, 5.41) is 4.58. The van der Waals surface area contributed by atoms with Crippen LogP contribution in [0.4, 0.5) is 4.79 Å². The molecule has 0 aliphatic carbocycles. The monoisotopic (exact) mass is 393 g/mol. The van der Waals surface area contributed by atoms with Crippen molar-refractivity contribution in [1.82, 2.24) is 15.2 Å². The summed E-state index contributed by atoms with van der Waals surface area (Å²) in [6.45, 7) is 9.64. The summed E-state index contributed by atoms with van der Waals surface area (Å²) < 4.78 is 5.85. The van der Waals surface area contributed by atoms with E-state index in [0.717, 1.165) is 21.1 Å². The highest BCUT2D eigenvalue weighted by atomic mass is 35.5. The van der Waals surface area contributed by atoms with Gasteiger partial charge in [-0.05, 0) is 39.8 Å². The third-order valence-corrected chi connectivity index (χ3v) is 5.43. The minimum absolute atomic E-state index is 0.0307. The second kappa shape index (κ2) is 7.55. The van der Waals surface area contributed by atoms with Crippen molar-refractivity contribution in [2.24, 2.45) is 0 Å². The van der Waals surface area contributed by atoms with E-state index in [1.807, 2.05) is 56.9 Å². The van der Waals surface area contributed by atoms with Crippen LogP contribution in [0.1, 0.15) is 30.7 Å². The number of hydrogen-bond donors (Lipinski definition) is 1. The van der Waals surface area contributed by atoms with Crippen LogP contribution in [-0.2, 0) is 11.3 Å². The summed E-state index contributed by atoms with van der Waals surface area (Å²) in [5.74, 6) is 0. The molecular weight excluding hydrogens is 370 g/mol. The molecule has 0 bridgehead atoms. The van der Waals surface area contributed by atoms with E-state index in [1.165, 1.54) is 0 Å². The molecule has 2 amide bonds. The number of aromatic nitrogens is 1. The van der Waals surface area contributed by atoms with Crippen molar-refractivity contribution in [2.75, 3.05) is 13.1 Å². The predicted octanol–water partition coefficient (Wildman–Crippen LogP) is 4.48. The Bertz CT molecular complexity index is 789. The summed E-state index contributed by atoms with van der Waals surface area (Å²) in [6.07, 6.45) is 0.0307. The number of nitrogens with one attached hydrogen (secondary N) is 1. The van der Waals surface area contributed by atoms with E-state index in [0.29, 0.717) is 24.7 Å². The van der Waals surface area contributed by atoms with Crippen LogP contribution in [0.15, 0.2) is 24.3 Å². The van der Waals surface area contributed by atoms with Gasteiger partial charge in [0.15, 0.2) is 0 Å². The normalized spacial score (nSPS) is 19.4. The van der Waals surface area contributed by atoms with E-state index >= 15 is 0 Å². The lowest BCUT2D eigenvalue weighted by molar-refractivity contribution is -0.117. The summed E-state index contributed by atoms with van der Waals surface area (Å²) in [5.41, 5.74) is 1.65. The van der Waals surface area contributed by atoms with E-state index < -0.39 is 0 Å². The standard InChI is InChI=1S/C19H24ClN3O2S/c1-12-10-23(11-19(3,4)25-12)18(24)21-9-16-22-17(13(2)26-16)14-5-7-15(20)8-6-14/h5-8,12H,9-11H2,1-4H3,(H,21,24). The number of halogens is 1. The molecule has 0 spiro atoms. The number of ether oxygens (including phenoxy) is 1. The number of urea groups is 1. The quantitative estimate of drug-likeness (QED) is 0.836. The third kappa shape index (κ3) is 4.55. The lowest BCUT2D eigenvalue weighted by Gasteiger charge is -2.41. The van der Waals surface area contributed by atoms with Gasteiger partial charge in [0.25, 0.3) is 0 Å². The number of carbonyl (C=O) groups excluding carboxylic acids is 1. The number of hydrogen-bond acceptors (Lipinski definition) is 4. The van der Waals surface area contributed by atoms with E-state index in [-0.39, 0.29) is 17.7 Å². The van der Waals surface area contributed by atoms with Crippen LogP contribution < -0.4 is 5.32 Å². The largest absolute Gasteiger partial charge is 0.369 e. The Labute approximate surface area is 163 Å². The second-order valence-corrected chi connectivity index (χ2v) is 8.97. The van der Waals surface area contributed by atoms with Crippen LogP contribution in [0, 0.1) is 6.92 Å². The Morgan fingerprint density at radius 2 is 2.12 bits per heavy atom. The molecule has 1 saturated heterocycles. The smallest absolute Gasteiger partial charge is 0.317 e. The Morgan fingerprint density at radius 3 is 2.77 bits per heavy atom. The minimum atomic E-state index is -0.325. The fourth-order valence-electron chi connectivity index (χ4n) is 3.27. The summed E-state index contributed by atoms with van der Waals surface area (Å²) >= 11 is 7.55. The zero-order valence-electron chi connectivity index (χ0n) is 15.5. The average molecular weight is 394 g/mol. The van der Waals surface area contributed by atoms with Crippen LogP contribution in [0.5, 0.6) is 0 Å². The van der Waals surface area contributed by atoms with Crippen molar-refractivity contribution >= 4 is 29.0 Å². The van der Waals surface area contributed by atoms with Gasteiger partial charge < -0.3 is 15.0 Å². The van der Waals surface area contributed by atoms with E-state index in [9.17, 15) is 4.79 Å². The molecule has 3 rings (SSSR count). The fraction of sp³-hybridized carbons (Fsp3) is 0.474. The Balaban J connectivity index is 1.64. The first kappa shape index (κ1) is 19.1. The SMILES string of the molecule is Cc1sc(CNC(=O)N2CC(C)OC(C)(C)C2)nc1-c1ccc(Cl)cc1. The highest BCUT2D eigenvalue weighted by Gasteiger charge is 2.33. The lowest BCUT2D eigenvalue weighted by Crippen LogP contribution is -2.56. The molecule has 1 fully saturated rings. The van der Waals surface area contributed by atoms with Gasteiger partial charge in [-0.2, -0.15) is 0 Å². The number of aryl methyl sites for hydroxylation is 1. The van der Waals surface area contributed by atoms with Gasteiger partial charge in [0.1, 0.15) is 5.01 Å². The van der Waals surface area contributed by atoms with E-state index in [1.54, 1.807) is 11.3 Å². The second-order valence-electron chi connectivity index (χ2n) is 7.25. The number of benzene rings is 1. The van der Waals surface area contributed by atoms with Gasteiger partial charge in [0.2, 0.25) is 0 Å². The van der Waals surface area contributed by atoms with Gasteiger partial charge in [-0.1, -0.05) is 23.7 Å². The predicted molar refractivity (Wildman–Crippen MR) is 106 cm³/mol. The molecule has 1 aromatic carbocycles.